The van der Waals surface area contributed by atoms with Gasteiger partial charge < -0.3 is 14.2 Å². The summed E-state index contributed by atoms with van der Waals surface area (Å²) in [6.07, 6.45) is 4.78. The molecule has 3 aromatic rings. The van der Waals surface area contributed by atoms with Crippen LogP contribution in [0.3, 0.4) is 0 Å². The first-order valence-electron chi connectivity index (χ1n) is 12.9. The van der Waals surface area contributed by atoms with E-state index in [2.05, 4.69) is 17.3 Å². The highest BCUT2D eigenvalue weighted by Crippen LogP contribution is 2.35. The number of hydrogen-bond acceptors (Lipinski definition) is 6. The Hall–Kier alpha value is -3.43. The van der Waals surface area contributed by atoms with E-state index < -0.39 is 15.9 Å². The second-order valence-corrected chi connectivity index (χ2v) is 12.0. The van der Waals surface area contributed by atoms with Gasteiger partial charge in [0, 0.05) is 13.1 Å². The number of sulfonamides is 1. The molecule has 2 aromatic carbocycles. The molecule has 8 nitrogen and oxygen atoms in total. The molecular formula is C29H33N3O5S. The Bertz CT molecular complexity index is 1490. The highest BCUT2D eigenvalue weighted by molar-refractivity contribution is 7.89. The lowest BCUT2D eigenvalue weighted by Crippen LogP contribution is -2.48. The maximum atomic E-state index is 13.9. The molecule has 0 N–H and O–H groups in total. The van der Waals surface area contributed by atoms with Crippen LogP contribution in [0.2, 0.25) is 0 Å². The number of nitrogens with zero attached hydrogens (tertiary/aromatic N) is 3. The van der Waals surface area contributed by atoms with Crippen molar-refractivity contribution in [3.05, 3.63) is 70.1 Å². The van der Waals surface area contributed by atoms with Crippen molar-refractivity contribution < 1.29 is 22.5 Å². The highest BCUT2D eigenvalue weighted by Gasteiger charge is 2.39. The van der Waals surface area contributed by atoms with Gasteiger partial charge in [0.25, 0.3) is 0 Å². The zero-order chi connectivity index (χ0) is 27.0. The topological polar surface area (TPSA) is 93.0 Å². The van der Waals surface area contributed by atoms with Gasteiger partial charge in [0.05, 0.1) is 18.2 Å². The molecular weight excluding hydrogens is 502 g/mol. The van der Waals surface area contributed by atoms with Crippen LogP contribution in [0.25, 0.3) is 12.2 Å². The van der Waals surface area contributed by atoms with Gasteiger partial charge in [-0.2, -0.15) is 4.31 Å². The number of rotatable bonds is 5. The van der Waals surface area contributed by atoms with Crippen molar-refractivity contribution in [2.45, 2.75) is 45.4 Å². The van der Waals surface area contributed by atoms with Gasteiger partial charge in [-0.05, 0) is 75.4 Å². The third kappa shape index (κ3) is 4.88. The van der Waals surface area contributed by atoms with E-state index in [0.29, 0.717) is 44.0 Å². The van der Waals surface area contributed by atoms with E-state index in [0.717, 1.165) is 22.4 Å². The number of amides is 1. The lowest BCUT2D eigenvalue weighted by Gasteiger charge is -2.36. The maximum absolute atomic E-state index is 13.9. The molecule has 1 aromatic heterocycles. The number of anilines is 1. The minimum absolute atomic E-state index is 0.0565. The summed E-state index contributed by atoms with van der Waals surface area (Å²) in [5.41, 5.74) is 5.42. The van der Waals surface area contributed by atoms with Crippen LogP contribution in [0.15, 0.2) is 45.8 Å². The molecule has 2 aliphatic heterocycles. The molecule has 200 valence electrons. The van der Waals surface area contributed by atoms with Gasteiger partial charge in [-0.1, -0.05) is 41.1 Å². The van der Waals surface area contributed by atoms with Crippen LogP contribution in [0.5, 0.6) is 5.75 Å². The fourth-order valence-electron chi connectivity index (χ4n) is 5.52. The Balaban J connectivity index is 1.40. The minimum atomic E-state index is -3.94. The van der Waals surface area contributed by atoms with Gasteiger partial charge in [0.15, 0.2) is 10.7 Å². The lowest BCUT2D eigenvalue weighted by molar-refractivity contribution is -0.123. The smallest absolute Gasteiger partial charge is 0.248 e. The van der Waals surface area contributed by atoms with E-state index in [9.17, 15) is 13.2 Å². The molecule has 0 aliphatic carbocycles. The monoisotopic (exact) mass is 535 g/mol. The van der Waals surface area contributed by atoms with Crippen LogP contribution in [-0.2, 0) is 14.8 Å². The Morgan fingerprint density at radius 2 is 1.79 bits per heavy atom. The summed E-state index contributed by atoms with van der Waals surface area (Å²) in [5.74, 6) is 0.343. The van der Waals surface area contributed by atoms with Crippen molar-refractivity contribution in [1.82, 2.24) is 9.46 Å². The molecule has 1 fully saturated rings. The lowest BCUT2D eigenvalue weighted by atomic mass is 9.97. The number of hydrogen-bond donors (Lipinski definition) is 0. The molecule has 38 heavy (non-hydrogen) atoms. The van der Waals surface area contributed by atoms with E-state index >= 15 is 0 Å². The van der Waals surface area contributed by atoms with Crippen molar-refractivity contribution in [1.29, 1.82) is 0 Å². The van der Waals surface area contributed by atoms with Gasteiger partial charge in [-0.3, -0.25) is 4.79 Å². The minimum Gasteiger partial charge on any atom is -0.490 e. The molecule has 5 rings (SSSR count). The number of aryl methyl sites for hydroxylation is 4. The van der Waals surface area contributed by atoms with Crippen LogP contribution in [0.1, 0.15) is 46.5 Å². The van der Waals surface area contributed by atoms with Crippen molar-refractivity contribution >= 4 is 33.8 Å². The third-order valence-corrected chi connectivity index (χ3v) is 9.32. The summed E-state index contributed by atoms with van der Waals surface area (Å²) in [4.78, 5) is 15.3. The van der Waals surface area contributed by atoms with Crippen LogP contribution in [0.4, 0.5) is 5.69 Å². The predicted octanol–water partition coefficient (Wildman–Crippen LogP) is 4.90. The number of ether oxygens (including phenoxy) is 1. The second kappa shape index (κ2) is 10.4. The predicted molar refractivity (Wildman–Crippen MR) is 147 cm³/mol. The maximum Gasteiger partial charge on any atom is 0.248 e. The van der Waals surface area contributed by atoms with Crippen LogP contribution < -0.4 is 9.64 Å². The van der Waals surface area contributed by atoms with E-state index in [4.69, 9.17) is 9.26 Å². The summed E-state index contributed by atoms with van der Waals surface area (Å²) >= 11 is 0. The SMILES string of the molecule is Cc1cc(C)c(/C=C/c2onc(C)c2S(=O)(=O)N2CCCC(C(=O)N3CCOc4ccccc43)C2)c(C)c1. The van der Waals surface area contributed by atoms with Crippen molar-refractivity contribution in [3.8, 4) is 5.75 Å². The largest absolute Gasteiger partial charge is 0.490 e. The van der Waals surface area contributed by atoms with E-state index in [1.54, 1.807) is 17.9 Å². The Morgan fingerprint density at radius 3 is 2.55 bits per heavy atom. The van der Waals surface area contributed by atoms with Gasteiger partial charge in [-0.25, -0.2) is 8.42 Å². The quantitative estimate of drug-likeness (QED) is 0.461. The Kier molecular flexibility index (Phi) is 7.15. The molecule has 1 amide bonds. The van der Waals surface area contributed by atoms with Crippen LogP contribution in [0, 0.1) is 33.6 Å². The first-order chi connectivity index (χ1) is 18.2. The van der Waals surface area contributed by atoms with Crippen LogP contribution >= 0.6 is 0 Å². The molecule has 1 atom stereocenters. The average molecular weight is 536 g/mol. The number of fused-ring (bicyclic) bond motifs is 1. The van der Waals surface area contributed by atoms with Crippen molar-refractivity contribution in [2.24, 2.45) is 5.92 Å². The van der Waals surface area contributed by atoms with Gasteiger partial charge in [0.1, 0.15) is 18.1 Å². The van der Waals surface area contributed by atoms with Gasteiger partial charge >= 0.3 is 0 Å². The summed E-state index contributed by atoms with van der Waals surface area (Å²) in [6, 6.07) is 11.6. The molecule has 0 saturated carbocycles. The summed E-state index contributed by atoms with van der Waals surface area (Å²) in [7, 11) is -3.94. The van der Waals surface area contributed by atoms with E-state index in [1.807, 2.05) is 51.1 Å². The fraction of sp³-hybridized carbons (Fsp3) is 0.379. The number of piperidine rings is 1. The Labute approximate surface area is 223 Å². The molecule has 0 spiro atoms. The highest BCUT2D eigenvalue weighted by atomic mass is 32.2. The fourth-order valence-corrected chi connectivity index (χ4v) is 7.30. The van der Waals surface area contributed by atoms with Crippen molar-refractivity contribution in [3.63, 3.8) is 0 Å². The second-order valence-electron chi connectivity index (χ2n) is 10.1. The first-order valence-corrected chi connectivity index (χ1v) is 14.4. The Morgan fingerprint density at radius 1 is 1.05 bits per heavy atom. The third-order valence-electron chi connectivity index (χ3n) is 7.30. The zero-order valence-corrected chi connectivity index (χ0v) is 23.0. The first kappa shape index (κ1) is 26.2. The summed E-state index contributed by atoms with van der Waals surface area (Å²) in [5, 5.41) is 3.98. The normalized spacial score (nSPS) is 18.4. The van der Waals surface area contributed by atoms with Gasteiger partial charge in [-0.15, -0.1) is 0 Å². The molecule has 0 radical (unpaired) electrons. The molecule has 9 heteroatoms. The number of aromatic nitrogens is 1. The summed E-state index contributed by atoms with van der Waals surface area (Å²) in [6.45, 7) is 9.05. The molecule has 1 saturated heterocycles. The van der Waals surface area contributed by atoms with Gasteiger partial charge in [0.2, 0.25) is 15.9 Å². The average Bonchev–Trinajstić information content (AvgIpc) is 3.28. The van der Waals surface area contributed by atoms with E-state index in [-0.39, 0.29) is 23.1 Å². The standard InChI is InChI=1S/C29H33N3O5S/c1-19-16-20(2)24(21(3)17-19)11-12-27-28(22(4)30-37-27)38(34,35)31-13-7-8-23(18-31)29(33)32-14-15-36-26-10-6-5-9-25(26)32/h5-6,9-12,16-17,23H,7-8,13-15,18H2,1-4H3/b12-11+. The van der Waals surface area contributed by atoms with Crippen molar-refractivity contribution in [2.75, 3.05) is 31.1 Å². The molecule has 2 aliphatic rings. The summed E-state index contributed by atoms with van der Waals surface area (Å²) < 4.78 is 40.3. The molecule has 1 unspecified atom stereocenters. The number of para-hydroxylation sites is 2. The molecule has 0 bridgehead atoms. The van der Waals surface area contributed by atoms with E-state index in [1.165, 1.54) is 9.87 Å². The number of carbonyl (C=O) groups is 1. The number of carbonyl (C=O) groups excluding carboxylic acids is 1. The number of benzene rings is 2. The zero-order valence-electron chi connectivity index (χ0n) is 22.2. The van der Waals surface area contributed by atoms with Crippen LogP contribution in [-0.4, -0.2) is 50.0 Å². The molecule has 3 heterocycles.